The average Bonchev–Trinajstić information content (AvgIpc) is 2.76. The fourth-order valence-electron chi connectivity index (χ4n) is 5.42. The van der Waals surface area contributed by atoms with Gasteiger partial charge >= 0.3 is 0 Å². The van der Waals surface area contributed by atoms with E-state index in [0.717, 1.165) is 55.2 Å². The Morgan fingerprint density at radius 2 is 1.09 bits per heavy atom. The van der Waals surface area contributed by atoms with Gasteiger partial charge in [-0.2, -0.15) is 0 Å². The molecule has 2 nitrogen and oxygen atoms in total. The molecule has 0 atom stereocenters. The van der Waals surface area contributed by atoms with Crippen LogP contribution in [0.5, 0.6) is 11.5 Å². The summed E-state index contributed by atoms with van der Waals surface area (Å²) in [6, 6.07) is 8.36. The Bertz CT molecular complexity index is 904. The molecule has 0 unspecified atom stereocenters. The van der Waals surface area contributed by atoms with E-state index in [4.69, 9.17) is 0 Å². The zero-order valence-electron chi connectivity index (χ0n) is 23.6. The van der Waals surface area contributed by atoms with Crippen LogP contribution in [0, 0.1) is 13.8 Å². The van der Waals surface area contributed by atoms with Crippen molar-refractivity contribution in [3.63, 3.8) is 0 Å². The smallest absolute Gasteiger partial charge is 0.119 e. The van der Waals surface area contributed by atoms with Crippen LogP contribution in [-0.4, -0.2) is 10.2 Å². The lowest BCUT2D eigenvalue weighted by atomic mass is 9.81. The van der Waals surface area contributed by atoms with Crippen LogP contribution in [-0.2, 0) is 24.7 Å². The molecular weight excluding hydrogens is 428 g/mol. The van der Waals surface area contributed by atoms with Gasteiger partial charge in [0.25, 0.3) is 0 Å². The zero-order chi connectivity index (χ0) is 25.8. The van der Waals surface area contributed by atoms with Gasteiger partial charge in [0.1, 0.15) is 11.5 Å². The van der Waals surface area contributed by atoms with Gasteiger partial charge < -0.3 is 10.2 Å². The molecule has 0 aliphatic carbocycles. The number of aromatic hydroxyl groups is 2. The number of hydrogen-bond donors (Lipinski definition) is 2. The summed E-state index contributed by atoms with van der Waals surface area (Å²) < 4.78 is 0. The van der Waals surface area contributed by atoms with Crippen molar-refractivity contribution in [2.45, 2.75) is 137 Å². The van der Waals surface area contributed by atoms with Crippen molar-refractivity contribution in [2.24, 2.45) is 0 Å². The molecule has 2 heteroatoms. The van der Waals surface area contributed by atoms with Gasteiger partial charge in [0, 0.05) is 5.56 Å². The van der Waals surface area contributed by atoms with E-state index in [2.05, 4.69) is 53.7 Å². The van der Waals surface area contributed by atoms with E-state index in [1.54, 1.807) is 0 Å². The molecule has 0 aliphatic rings. The normalized spacial score (nSPS) is 11.8. The Kier molecular flexibility index (Phi) is 12.2. The molecule has 0 spiro atoms. The van der Waals surface area contributed by atoms with E-state index in [9.17, 15) is 10.2 Å². The molecular formula is C33H52O2. The number of hydrogen-bond acceptors (Lipinski definition) is 2. The molecule has 0 bridgehead atoms. The summed E-state index contributed by atoms with van der Waals surface area (Å²) in [5.41, 5.74) is 7.17. The average molecular weight is 481 g/mol. The largest absolute Gasteiger partial charge is 0.508 e. The molecule has 2 aromatic rings. The minimum Gasteiger partial charge on any atom is -0.508 e. The summed E-state index contributed by atoms with van der Waals surface area (Å²) in [6.45, 7) is 13.0. The van der Waals surface area contributed by atoms with Gasteiger partial charge in [0.15, 0.2) is 0 Å². The van der Waals surface area contributed by atoms with Crippen LogP contribution in [0.4, 0.5) is 0 Å². The summed E-state index contributed by atoms with van der Waals surface area (Å²) in [7, 11) is 0. The predicted octanol–water partition coefficient (Wildman–Crippen LogP) is 9.65. The molecule has 0 radical (unpaired) electrons. The van der Waals surface area contributed by atoms with Gasteiger partial charge in [-0.05, 0) is 97.7 Å². The third-order valence-electron chi connectivity index (χ3n) is 7.32. The van der Waals surface area contributed by atoms with Crippen molar-refractivity contribution >= 4 is 0 Å². The summed E-state index contributed by atoms with van der Waals surface area (Å²) >= 11 is 0. The van der Waals surface area contributed by atoms with Gasteiger partial charge in [-0.1, -0.05) is 91.2 Å². The SMILES string of the molecule is CCCCCCCCCCc1cc(CCCCCc2cc(C)cc(O)c2C(C)(C)C)c(O)cc1C. The van der Waals surface area contributed by atoms with E-state index < -0.39 is 0 Å². The first-order valence-corrected chi connectivity index (χ1v) is 14.3. The Labute approximate surface area is 216 Å². The Balaban J connectivity index is 1.82. The fraction of sp³-hybridized carbons (Fsp3) is 0.636. The molecule has 35 heavy (non-hydrogen) atoms. The van der Waals surface area contributed by atoms with Crippen LogP contribution in [0.15, 0.2) is 24.3 Å². The van der Waals surface area contributed by atoms with Crippen LogP contribution in [0.3, 0.4) is 0 Å². The second kappa shape index (κ2) is 14.6. The second-order valence-corrected chi connectivity index (χ2v) is 11.8. The van der Waals surface area contributed by atoms with E-state index in [1.807, 2.05) is 12.1 Å². The van der Waals surface area contributed by atoms with E-state index >= 15 is 0 Å². The molecule has 0 heterocycles. The fourth-order valence-corrected chi connectivity index (χ4v) is 5.42. The van der Waals surface area contributed by atoms with E-state index in [0.29, 0.717) is 11.5 Å². The summed E-state index contributed by atoms with van der Waals surface area (Å²) in [5.74, 6) is 0.891. The first-order chi connectivity index (χ1) is 16.6. The van der Waals surface area contributed by atoms with Crippen LogP contribution in [0.25, 0.3) is 0 Å². The quantitative estimate of drug-likeness (QED) is 0.249. The van der Waals surface area contributed by atoms with Crippen LogP contribution in [0.1, 0.15) is 132 Å². The first-order valence-electron chi connectivity index (χ1n) is 14.3. The highest BCUT2D eigenvalue weighted by atomic mass is 16.3. The maximum Gasteiger partial charge on any atom is 0.119 e. The van der Waals surface area contributed by atoms with Gasteiger partial charge in [-0.15, -0.1) is 0 Å². The molecule has 2 N–H and O–H groups in total. The Hall–Kier alpha value is -1.96. The zero-order valence-corrected chi connectivity index (χ0v) is 23.6. The van der Waals surface area contributed by atoms with Crippen LogP contribution < -0.4 is 0 Å². The van der Waals surface area contributed by atoms with Gasteiger partial charge in [-0.25, -0.2) is 0 Å². The molecule has 0 saturated heterocycles. The number of rotatable bonds is 15. The van der Waals surface area contributed by atoms with E-state index in [1.165, 1.54) is 68.1 Å². The summed E-state index contributed by atoms with van der Waals surface area (Å²) in [5, 5.41) is 21.1. The van der Waals surface area contributed by atoms with Crippen molar-refractivity contribution in [3.05, 3.63) is 57.6 Å². The van der Waals surface area contributed by atoms with Crippen molar-refractivity contribution in [2.75, 3.05) is 0 Å². The van der Waals surface area contributed by atoms with Crippen LogP contribution in [0.2, 0.25) is 0 Å². The second-order valence-electron chi connectivity index (χ2n) is 11.8. The highest BCUT2D eigenvalue weighted by Gasteiger charge is 2.22. The monoisotopic (exact) mass is 480 g/mol. The number of phenolic OH excluding ortho intramolecular Hbond substituents is 2. The minimum absolute atomic E-state index is 0.0632. The maximum absolute atomic E-state index is 10.5. The molecule has 0 fully saturated rings. The lowest BCUT2D eigenvalue weighted by Gasteiger charge is -2.25. The Morgan fingerprint density at radius 3 is 1.69 bits per heavy atom. The number of phenols is 2. The third kappa shape index (κ3) is 9.90. The molecule has 196 valence electrons. The molecule has 2 aromatic carbocycles. The standard InChI is InChI=1S/C33H52O2/c1-7-8-9-10-11-12-13-15-18-27-24-28(30(34)23-26(27)3)19-16-14-17-20-29-21-25(2)22-31(35)32(29)33(4,5)6/h21-24,34-35H,7-20H2,1-6H3. The molecule has 0 aliphatic heterocycles. The Morgan fingerprint density at radius 1 is 0.571 bits per heavy atom. The molecule has 2 rings (SSSR count). The molecule has 0 saturated carbocycles. The highest BCUT2D eigenvalue weighted by Crippen LogP contribution is 2.35. The van der Waals surface area contributed by atoms with Crippen molar-refractivity contribution in [1.82, 2.24) is 0 Å². The number of benzene rings is 2. The third-order valence-corrected chi connectivity index (χ3v) is 7.32. The predicted molar refractivity (Wildman–Crippen MR) is 152 cm³/mol. The van der Waals surface area contributed by atoms with Gasteiger partial charge in [0.05, 0.1) is 0 Å². The summed E-state index contributed by atoms with van der Waals surface area (Å²) in [4.78, 5) is 0. The van der Waals surface area contributed by atoms with Crippen molar-refractivity contribution in [1.29, 1.82) is 0 Å². The van der Waals surface area contributed by atoms with Gasteiger partial charge in [0.2, 0.25) is 0 Å². The maximum atomic E-state index is 10.5. The van der Waals surface area contributed by atoms with Crippen molar-refractivity contribution in [3.8, 4) is 11.5 Å². The molecule has 0 amide bonds. The lowest BCUT2D eigenvalue weighted by Crippen LogP contribution is -2.15. The number of aryl methyl sites for hydroxylation is 5. The van der Waals surface area contributed by atoms with Gasteiger partial charge in [-0.3, -0.25) is 0 Å². The lowest BCUT2D eigenvalue weighted by molar-refractivity contribution is 0.443. The highest BCUT2D eigenvalue weighted by molar-refractivity contribution is 5.47. The van der Waals surface area contributed by atoms with E-state index in [-0.39, 0.29) is 5.41 Å². The first kappa shape index (κ1) is 29.3. The summed E-state index contributed by atoms with van der Waals surface area (Å²) in [6.07, 6.45) is 17.1. The minimum atomic E-state index is -0.0632. The molecule has 0 aromatic heterocycles. The number of unbranched alkanes of at least 4 members (excludes halogenated alkanes) is 9. The topological polar surface area (TPSA) is 40.5 Å². The van der Waals surface area contributed by atoms with Crippen LogP contribution >= 0.6 is 0 Å². The van der Waals surface area contributed by atoms with Crippen molar-refractivity contribution < 1.29 is 10.2 Å².